The fraction of sp³-hybridized carbons (Fsp3) is 0.625. The van der Waals surface area contributed by atoms with Gasteiger partial charge in [0.15, 0.2) is 0 Å². The van der Waals surface area contributed by atoms with E-state index in [0.717, 1.165) is 25.1 Å². The van der Waals surface area contributed by atoms with Gasteiger partial charge in [0.05, 0.1) is 19.8 Å². The van der Waals surface area contributed by atoms with Gasteiger partial charge in [-0.3, -0.25) is 0 Å². The Balaban J connectivity index is 1.90. The molecule has 1 N–H and O–H groups in total. The van der Waals surface area contributed by atoms with E-state index in [1.165, 1.54) is 17.5 Å². The first kappa shape index (κ1) is 15.3. The smallest absolute Gasteiger partial charge is 0.119 e. The molecule has 0 saturated carbocycles. The average Bonchev–Trinajstić information content (AvgIpc) is 2.50. The molecule has 4 nitrogen and oxygen atoms in total. The Bertz CT molecular complexity index is 422. The summed E-state index contributed by atoms with van der Waals surface area (Å²) in [6.45, 7) is 1.45. The lowest BCUT2D eigenvalue weighted by Crippen LogP contribution is -2.41. The van der Waals surface area contributed by atoms with Crippen LogP contribution < -0.4 is 10.1 Å². The molecule has 0 bridgehead atoms. The average molecular weight is 279 g/mol. The maximum atomic E-state index is 5.38. The zero-order chi connectivity index (χ0) is 14.4. The van der Waals surface area contributed by atoms with Gasteiger partial charge in [0, 0.05) is 26.8 Å². The zero-order valence-corrected chi connectivity index (χ0v) is 12.6. The molecular formula is C16H25NO3. The van der Waals surface area contributed by atoms with E-state index in [4.69, 9.17) is 14.2 Å². The highest BCUT2D eigenvalue weighted by Crippen LogP contribution is 2.25. The molecular weight excluding hydrogens is 254 g/mol. The number of rotatable bonds is 7. The summed E-state index contributed by atoms with van der Waals surface area (Å²) in [5, 5.41) is 3.59. The summed E-state index contributed by atoms with van der Waals surface area (Å²) in [6.07, 6.45) is 3.46. The van der Waals surface area contributed by atoms with Crippen molar-refractivity contribution in [3.63, 3.8) is 0 Å². The van der Waals surface area contributed by atoms with Gasteiger partial charge in [0.1, 0.15) is 5.75 Å². The molecule has 4 heteroatoms. The first-order valence-electron chi connectivity index (χ1n) is 7.17. The molecule has 0 aliphatic heterocycles. The van der Waals surface area contributed by atoms with Gasteiger partial charge in [0.2, 0.25) is 0 Å². The minimum Gasteiger partial charge on any atom is -0.497 e. The maximum Gasteiger partial charge on any atom is 0.119 e. The van der Waals surface area contributed by atoms with Gasteiger partial charge in [-0.25, -0.2) is 0 Å². The Kier molecular flexibility index (Phi) is 5.83. The van der Waals surface area contributed by atoms with Crippen molar-refractivity contribution in [3.05, 3.63) is 29.3 Å². The summed E-state index contributed by atoms with van der Waals surface area (Å²) in [6, 6.07) is 6.90. The largest absolute Gasteiger partial charge is 0.497 e. The van der Waals surface area contributed by atoms with E-state index in [1.54, 1.807) is 21.3 Å². The molecule has 1 aliphatic rings. The third kappa shape index (κ3) is 3.95. The molecule has 2 rings (SSSR count). The van der Waals surface area contributed by atoms with Crippen LogP contribution in [0.5, 0.6) is 5.75 Å². The van der Waals surface area contributed by atoms with Crippen LogP contribution in [-0.2, 0) is 22.3 Å². The molecule has 0 saturated heterocycles. The molecule has 2 atom stereocenters. The Labute approximate surface area is 121 Å². The molecule has 1 aliphatic carbocycles. The lowest BCUT2D eigenvalue weighted by Gasteiger charge is -2.27. The van der Waals surface area contributed by atoms with Crippen molar-refractivity contribution in [2.75, 3.05) is 34.5 Å². The highest BCUT2D eigenvalue weighted by Gasteiger charge is 2.19. The highest BCUT2D eigenvalue weighted by atomic mass is 16.5. The minimum atomic E-state index is 0.117. The fourth-order valence-electron chi connectivity index (χ4n) is 2.73. The van der Waals surface area contributed by atoms with E-state index in [0.29, 0.717) is 12.6 Å². The number of hydrogen-bond donors (Lipinski definition) is 1. The van der Waals surface area contributed by atoms with E-state index in [9.17, 15) is 0 Å². The summed E-state index contributed by atoms with van der Waals surface area (Å²) < 4.78 is 15.8. The number of fused-ring (bicyclic) bond motifs is 1. The second kappa shape index (κ2) is 7.62. The second-order valence-corrected chi connectivity index (χ2v) is 5.30. The van der Waals surface area contributed by atoms with Crippen LogP contribution in [0.3, 0.4) is 0 Å². The number of aryl methyl sites for hydroxylation is 1. The van der Waals surface area contributed by atoms with Crippen molar-refractivity contribution in [1.29, 1.82) is 0 Å². The molecule has 1 aromatic rings. The van der Waals surface area contributed by atoms with Gasteiger partial charge in [0.25, 0.3) is 0 Å². The Morgan fingerprint density at radius 3 is 2.80 bits per heavy atom. The first-order valence-corrected chi connectivity index (χ1v) is 7.17. The second-order valence-electron chi connectivity index (χ2n) is 5.30. The number of hydrogen-bond acceptors (Lipinski definition) is 4. The predicted molar refractivity (Wildman–Crippen MR) is 79.5 cm³/mol. The Morgan fingerprint density at radius 1 is 1.25 bits per heavy atom. The summed E-state index contributed by atoms with van der Waals surface area (Å²) in [5.41, 5.74) is 2.85. The highest BCUT2D eigenvalue weighted by molar-refractivity contribution is 5.37. The molecule has 112 valence electrons. The third-order valence-corrected chi connectivity index (χ3v) is 3.96. The standard InChI is InChI=1S/C16H25NO3/c1-18-11-16(20-3)10-17-14-6-4-12-5-7-15(19-2)9-13(12)8-14/h5,7,9,14,16-17H,4,6,8,10-11H2,1-3H3. The molecule has 1 aromatic carbocycles. The molecule has 0 aromatic heterocycles. The monoisotopic (exact) mass is 279 g/mol. The molecule has 0 spiro atoms. The van der Waals surface area contributed by atoms with Crippen LogP contribution in [0.2, 0.25) is 0 Å². The van der Waals surface area contributed by atoms with Crippen LogP contribution in [0, 0.1) is 0 Å². The van der Waals surface area contributed by atoms with Crippen molar-refractivity contribution in [1.82, 2.24) is 5.32 Å². The molecule has 0 amide bonds. The van der Waals surface area contributed by atoms with Crippen molar-refractivity contribution >= 4 is 0 Å². The van der Waals surface area contributed by atoms with Crippen LogP contribution in [0.25, 0.3) is 0 Å². The lowest BCUT2D eigenvalue weighted by molar-refractivity contribution is 0.0271. The Hall–Kier alpha value is -1.10. The Morgan fingerprint density at radius 2 is 2.10 bits per heavy atom. The van der Waals surface area contributed by atoms with Crippen molar-refractivity contribution < 1.29 is 14.2 Å². The molecule has 20 heavy (non-hydrogen) atoms. The third-order valence-electron chi connectivity index (χ3n) is 3.96. The summed E-state index contributed by atoms with van der Waals surface area (Å²) in [5.74, 6) is 0.943. The molecule has 0 heterocycles. The van der Waals surface area contributed by atoms with E-state index in [-0.39, 0.29) is 6.10 Å². The summed E-state index contributed by atoms with van der Waals surface area (Å²) in [7, 11) is 5.15. The minimum absolute atomic E-state index is 0.117. The lowest BCUT2D eigenvalue weighted by atomic mass is 9.88. The van der Waals surface area contributed by atoms with E-state index in [1.807, 2.05) is 6.07 Å². The molecule has 0 radical (unpaired) electrons. The molecule has 2 unspecified atom stereocenters. The van der Waals surface area contributed by atoms with Crippen molar-refractivity contribution in [3.8, 4) is 5.75 Å². The van der Waals surface area contributed by atoms with Gasteiger partial charge < -0.3 is 19.5 Å². The normalized spacial score (nSPS) is 19.4. The number of benzene rings is 1. The first-order chi connectivity index (χ1) is 9.76. The van der Waals surface area contributed by atoms with Gasteiger partial charge >= 0.3 is 0 Å². The van der Waals surface area contributed by atoms with Crippen molar-refractivity contribution in [2.24, 2.45) is 0 Å². The van der Waals surface area contributed by atoms with Crippen LogP contribution in [0.1, 0.15) is 17.5 Å². The van der Waals surface area contributed by atoms with Gasteiger partial charge in [-0.2, -0.15) is 0 Å². The van der Waals surface area contributed by atoms with E-state index >= 15 is 0 Å². The topological polar surface area (TPSA) is 39.7 Å². The van der Waals surface area contributed by atoms with Crippen LogP contribution in [-0.4, -0.2) is 46.6 Å². The summed E-state index contributed by atoms with van der Waals surface area (Å²) in [4.78, 5) is 0. The van der Waals surface area contributed by atoms with Crippen LogP contribution in [0.4, 0.5) is 0 Å². The van der Waals surface area contributed by atoms with Gasteiger partial charge in [-0.1, -0.05) is 6.07 Å². The van der Waals surface area contributed by atoms with Crippen LogP contribution in [0.15, 0.2) is 18.2 Å². The van der Waals surface area contributed by atoms with Crippen molar-refractivity contribution in [2.45, 2.75) is 31.4 Å². The number of nitrogens with one attached hydrogen (secondary N) is 1. The number of ether oxygens (including phenoxy) is 3. The van der Waals surface area contributed by atoms with Gasteiger partial charge in [-0.15, -0.1) is 0 Å². The van der Waals surface area contributed by atoms with Crippen LogP contribution >= 0.6 is 0 Å². The van der Waals surface area contributed by atoms with Gasteiger partial charge in [-0.05, 0) is 42.5 Å². The van der Waals surface area contributed by atoms with E-state index in [2.05, 4.69) is 17.4 Å². The fourth-order valence-corrected chi connectivity index (χ4v) is 2.73. The van der Waals surface area contributed by atoms with E-state index < -0.39 is 0 Å². The molecule has 0 fully saturated rings. The summed E-state index contributed by atoms with van der Waals surface area (Å²) >= 11 is 0. The zero-order valence-electron chi connectivity index (χ0n) is 12.6. The quantitative estimate of drug-likeness (QED) is 0.826. The maximum absolute atomic E-state index is 5.38. The predicted octanol–water partition coefficient (Wildman–Crippen LogP) is 1.80. The SMILES string of the molecule is COCC(CNC1CCc2ccc(OC)cc2C1)OC. The number of methoxy groups -OCH3 is 3.